The van der Waals surface area contributed by atoms with E-state index < -0.39 is 25.2 Å². The molecule has 0 aliphatic carbocycles. The molecule has 0 bridgehead atoms. The fourth-order valence-electron chi connectivity index (χ4n) is 3.54. The molecule has 4 rings (SSSR count). The summed E-state index contributed by atoms with van der Waals surface area (Å²) in [6, 6.07) is 22.6. The Bertz CT molecular complexity index is 1160. The van der Waals surface area contributed by atoms with Crippen LogP contribution in [-0.2, 0) is 9.59 Å². The highest BCUT2D eigenvalue weighted by Gasteiger charge is 2.14. The molecule has 4 aromatic carbocycles. The van der Waals surface area contributed by atoms with Gasteiger partial charge in [-0.2, -0.15) is 0 Å². The summed E-state index contributed by atoms with van der Waals surface area (Å²) in [5.41, 5.74) is 1.91. The van der Waals surface area contributed by atoms with Crippen molar-refractivity contribution in [3.63, 3.8) is 0 Å². The second-order valence-electron chi connectivity index (χ2n) is 6.68. The summed E-state index contributed by atoms with van der Waals surface area (Å²) in [6.07, 6.45) is 0. The molecule has 0 spiro atoms. The summed E-state index contributed by atoms with van der Waals surface area (Å²) in [7, 11) is 0. The van der Waals surface area contributed by atoms with Crippen LogP contribution >= 0.6 is 0 Å². The van der Waals surface area contributed by atoms with Crippen molar-refractivity contribution in [3.05, 3.63) is 72.8 Å². The van der Waals surface area contributed by atoms with E-state index >= 15 is 0 Å². The van der Waals surface area contributed by atoms with Gasteiger partial charge in [-0.3, -0.25) is 0 Å². The van der Waals surface area contributed by atoms with Gasteiger partial charge in [-0.25, -0.2) is 9.59 Å². The Labute approximate surface area is 171 Å². The monoisotopic (exact) mass is 402 g/mol. The van der Waals surface area contributed by atoms with Gasteiger partial charge < -0.3 is 19.7 Å². The predicted molar refractivity (Wildman–Crippen MR) is 113 cm³/mol. The Morgan fingerprint density at radius 1 is 0.567 bits per heavy atom. The van der Waals surface area contributed by atoms with E-state index in [2.05, 4.69) is 0 Å². The van der Waals surface area contributed by atoms with Gasteiger partial charge in [0.15, 0.2) is 13.2 Å². The standard InChI is InChI=1S/C24H18O6/c25-23(26)13-29-21-11-9-17(15-5-1-3-7-19(15)21)18-10-12-22(30-14-24(27)28)20-8-4-2-6-16(18)20/h1-12H,13-14H2,(H,25,26)(H,27,28). The summed E-state index contributed by atoms with van der Waals surface area (Å²) in [5.74, 6) is -1.07. The minimum absolute atomic E-state index is 0.415. The number of hydrogen-bond donors (Lipinski definition) is 2. The first-order valence-corrected chi connectivity index (χ1v) is 9.27. The minimum atomic E-state index is -1.04. The highest BCUT2D eigenvalue weighted by atomic mass is 16.5. The van der Waals surface area contributed by atoms with Gasteiger partial charge in [0.2, 0.25) is 0 Å². The Morgan fingerprint density at radius 3 is 1.30 bits per heavy atom. The second-order valence-corrected chi connectivity index (χ2v) is 6.68. The summed E-state index contributed by atoms with van der Waals surface area (Å²) in [5, 5.41) is 21.3. The van der Waals surface area contributed by atoms with Crippen LogP contribution < -0.4 is 9.47 Å². The van der Waals surface area contributed by atoms with Crippen LogP contribution in [0.5, 0.6) is 11.5 Å². The van der Waals surface area contributed by atoms with Crippen LogP contribution in [0.1, 0.15) is 0 Å². The van der Waals surface area contributed by atoms with Gasteiger partial charge in [0, 0.05) is 10.8 Å². The van der Waals surface area contributed by atoms with E-state index in [0.717, 1.165) is 32.7 Å². The van der Waals surface area contributed by atoms with Crippen molar-refractivity contribution in [2.24, 2.45) is 0 Å². The van der Waals surface area contributed by atoms with Gasteiger partial charge in [-0.1, -0.05) is 60.7 Å². The number of carbonyl (C=O) groups is 2. The van der Waals surface area contributed by atoms with Crippen molar-refractivity contribution < 1.29 is 29.3 Å². The number of hydrogen-bond acceptors (Lipinski definition) is 4. The molecule has 0 amide bonds. The Hall–Kier alpha value is -4.06. The highest BCUT2D eigenvalue weighted by molar-refractivity contribution is 6.08. The fraction of sp³-hybridized carbons (Fsp3) is 0.0833. The first kappa shape index (κ1) is 19.3. The molecular weight excluding hydrogens is 384 g/mol. The lowest BCUT2D eigenvalue weighted by atomic mass is 9.93. The Balaban J connectivity index is 1.87. The molecule has 30 heavy (non-hydrogen) atoms. The van der Waals surface area contributed by atoms with Crippen LogP contribution in [-0.4, -0.2) is 35.4 Å². The number of rotatable bonds is 7. The SMILES string of the molecule is O=C(O)COc1ccc(-c2ccc(OCC(=O)O)c3ccccc23)c2ccccc12. The first-order valence-electron chi connectivity index (χ1n) is 9.27. The molecule has 0 radical (unpaired) electrons. The Kier molecular flexibility index (Phi) is 5.22. The maximum atomic E-state index is 10.9. The molecule has 0 unspecified atom stereocenters. The van der Waals surface area contributed by atoms with Crippen molar-refractivity contribution >= 4 is 33.5 Å². The number of aliphatic carboxylic acids is 2. The molecule has 0 aliphatic rings. The van der Waals surface area contributed by atoms with Gasteiger partial charge in [0.25, 0.3) is 0 Å². The third-order valence-corrected chi connectivity index (χ3v) is 4.76. The van der Waals surface area contributed by atoms with Crippen molar-refractivity contribution in [1.82, 2.24) is 0 Å². The van der Waals surface area contributed by atoms with E-state index in [4.69, 9.17) is 19.7 Å². The lowest BCUT2D eigenvalue weighted by molar-refractivity contribution is -0.140. The van der Waals surface area contributed by atoms with Crippen LogP contribution in [0.2, 0.25) is 0 Å². The zero-order chi connectivity index (χ0) is 21.1. The summed E-state index contributed by atoms with van der Waals surface area (Å²) in [6.45, 7) is -0.830. The van der Waals surface area contributed by atoms with Gasteiger partial charge >= 0.3 is 11.9 Å². The summed E-state index contributed by atoms with van der Waals surface area (Å²) < 4.78 is 10.9. The van der Waals surface area contributed by atoms with Crippen LogP contribution in [0.4, 0.5) is 0 Å². The molecule has 6 nitrogen and oxygen atoms in total. The normalized spacial score (nSPS) is 10.8. The molecule has 0 aliphatic heterocycles. The molecule has 0 heterocycles. The third kappa shape index (κ3) is 3.75. The molecule has 0 saturated heterocycles. The maximum Gasteiger partial charge on any atom is 0.341 e. The average Bonchev–Trinajstić information content (AvgIpc) is 2.75. The molecule has 6 heteroatoms. The molecule has 4 aromatic rings. The quantitative estimate of drug-likeness (QED) is 0.470. The molecule has 0 fully saturated rings. The van der Waals surface area contributed by atoms with Crippen LogP contribution in [0.25, 0.3) is 32.7 Å². The number of ether oxygens (including phenoxy) is 2. The lowest BCUT2D eigenvalue weighted by Gasteiger charge is -2.15. The van der Waals surface area contributed by atoms with Crippen molar-refractivity contribution in [2.75, 3.05) is 13.2 Å². The first-order chi connectivity index (χ1) is 14.5. The molecule has 150 valence electrons. The number of carboxylic acids is 2. The molecular formula is C24H18O6. The van der Waals surface area contributed by atoms with E-state index in [-0.39, 0.29) is 0 Å². The molecule has 0 saturated carbocycles. The van der Waals surface area contributed by atoms with Gasteiger partial charge in [0.05, 0.1) is 0 Å². The van der Waals surface area contributed by atoms with Gasteiger partial charge in [0.1, 0.15) is 11.5 Å². The van der Waals surface area contributed by atoms with Crippen LogP contribution in [0.3, 0.4) is 0 Å². The molecule has 0 atom stereocenters. The number of fused-ring (bicyclic) bond motifs is 2. The summed E-state index contributed by atoms with van der Waals surface area (Å²) in [4.78, 5) is 21.8. The summed E-state index contributed by atoms with van der Waals surface area (Å²) >= 11 is 0. The second kappa shape index (κ2) is 8.13. The molecule has 2 N–H and O–H groups in total. The zero-order valence-electron chi connectivity index (χ0n) is 15.9. The minimum Gasteiger partial charge on any atom is -0.481 e. The van der Waals surface area contributed by atoms with Gasteiger partial charge in [-0.05, 0) is 34.0 Å². The molecule has 0 aromatic heterocycles. The smallest absolute Gasteiger partial charge is 0.341 e. The lowest BCUT2D eigenvalue weighted by Crippen LogP contribution is -2.09. The van der Waals surface area contributed by atoms with Crippen LogP contribution in [0, 0.1) is 0 Å². The van der Waals surface area contributed by atoms with Gasteiger partial charge in [-0.15, -0.1) is 0 Å². The average molecular weight is 402 g/mol. The third-order valence-electron chi connectivity index (χ3n) is 4.76. The Morgan fingerprint density at radius 2 is 0.933 bits per heavy atom. The van der Waals surface area contributed by atoms with E-state index in [1.165, 1.54) is 0 Å². The van der Waals surface area contributed by atoms with Crippen molar-refractivity contribution in [2.45, 2.75) is 0 Å². The van der Waals surface area contributed by atoms with E-state index in [9.17, 15) is 9.59 Å². The zero-order valence-corrected chi connectivity index (χ0v) is 15.9. The number of carboxylic acid groups (broad SMARTS) is 2. The van der Waals surface area contributed by atoms with Crippen molar-refractivity contribution in [3.8, 4) is 22.6 Å². The van der Waals surface area contributed by atoms with Crippen LogP contribution in [0.15, 0.2) is 72.8 Å². The van der Waals surface area contributed by atoms with Crippen molar-refractivity contribution in [1.29, 1.82) is 0 Å². The number of benzene rings is 4. The fourth-order valence-corrected chi connectivity index (χ4v) is 3.54. The predicted octanol–water partition coefficient (Wildman–Crippen LogP) is 4.59. The van der Waals surface area contributed by atoms with E-state index in [1.54, 1.807) is 12.1 Å². The van der Waals surface area contributed by atoms with E-state index in [0.29, 0.717) is 11.5 Å². The topological polar surface area (TPSA) is 93.1 Å². The van der Waals surface area contributed by atoms with E-state index in [1.807, 2.05) is 60.7 Å². The highest BCUT2D eigenvalue weighted by Crippen LogP contribution is 2.39. The maximum absolute atomic E-state index is 10.9. The largest absolute Gasteiger partial charge is 0.481 e.